The van der Waals surface area contributed by atoms with Crippen LogP contribution in [0.1, 0.15) is 24.8 Å². The molecule has 1 aliphatic heterocycles. The highest BCUT2D eigenvalue weighted by Gasteiger charge is 2.10. The van der Waals surface area contributed by atoms with E-state index in [0.717, 1.165) is 5.69 Å². The molecule has 0 unspecified atom stereocenters. The van der Waals surface area contributed by atoms with E-state index in [9.17, 15) is 0 Å². The third-order valence-electron chi connectivity index (χ3n) is 3.12. The zero-order valence-electron chi connectivity index (χ0n) is 10.1. The largest absolute Gasteiger partial charge is 0.399 e. The van der Waals surface area contributed by atoms with Gasteiger partial charge in [0.15, 0.2) is 0 Å². The Morgan fingerprint density at radius 3 is 2.18 bits per heavy atom. The van der Waals surface area contributed by atoms with Gasteiger partial charge in [-0.05, 0) is 63.0 Å². The number of nitrogens with zero attached hydrogens (tertiary/aromatic N) is 1. The summed E-state index contributed by atoms with van der Waals surface area (Å²) in [6.45, 7) is 3.87. The summed E-state index contributed by atoms with van der Waals surface area (Å²) in [5.74, 6) is 0. The van der Waals surface area contributed by atoms with E-state index in [0.29, 0.717) is 0 Å². The lowest BCUT2D eigenvalue weighted by molar-refractivity contribution is 0.334. The summed E-state index contributed by atoms with van der Waals surface area (Å²) in [6, 6.07) is 8.26. The Balaban J connectivity index is 0.00000128. The number of rotatable bonds is 4. The van der Waals surface area contributed by atoms with Crippen LogP contribution in [0.3, 0.4) is 0 Å². The molecule has 17 heavy (non-hydrogen) atoms. The topological polar surface area (TPSA) is 29.3 Å². The van der Waals surface area contributed by atoms with Gasteiger partial charge in [-0.15, -0.1) is 24.8 Å². The highest BCUT2D eigenvalue weighted by atomic mass is 35.5. The Kier molecular flexibility index (Phi) is 8.40. The van der Waals surface area contributed by atoms with E-state index in [1.54, 1.807) is 0 Å². The van der Waals surface area contributed by atoms with Crippen molar-refractivity contribution in [2.24, 2.45) is 0 Å². The molecule has 1 aromatic rings. The SMILES string of the molecule is Cl.Cl.Nc1ccc(CCCN2CCCC2)cc1. The van der Waals surface area contributed by atoms with E-state index < -0.39 is 0 Å². The summed E-state index contributed by atoms with van der Waals surface area (Å²) in [5.41, 5.74) is 7.91. The predicted octanol–water partition coefficient (Wildman–Crippen LogP) is 3.14. The fourth-order valence-corrected chi connectivity index (χ4v) is 2.20. The lowest BCUT2D eigenvalue weighted by atomic mass is 10.1. The number of hydrogen-bond donors (Lipinski definition) is 1. The van der Waals surface area contributed by atoms with Gasteiger partial charge >= 0.3 is 0 Å². The van der Waals surface area contributed by atoms with E-state index in [-0.39, 0.29) is 24.8 Å². The lowest BCUT2D eigenvalue weighted by Gasteiger charge is -2.13. The van der Waals surface area contributed by atoms with E-state index in [1.807, 2.05) is 12.1 Å². The number of likely N-dealkylation sites (tertiary alicyclic amines) is 1. The van der Waals surface area contributed by atoms with Gasteiger partial charge in [-0.1, -0.05) is 12.1 Å². The normalized spacial score (nSPS) is 15.1. The number of aryl methyl sites for hydroxylation is 1. The van der Waals surface area contributed by atoms with Crippen LogP contribution in [-0.2, 0) is 6.42 Å². The van der Waals surface area contributed by atoms with Crippen LogP contribution in [0.25, 0.3) is 0 Å². The molecule has 2 rings (SSSR count). The first-order chi connectivity index (χ1) is 7.34. The number of anilines is 1. The van der Waals surface area contributed by atoms with Gasteiger partial charge in [0, 0.05) is 5.69 Å². The molecule has 1 fully saturated rings. The third-order valence-corrected chi connectivity index (χ3v) is 3.12. The van der Waals surface area contributed by atoms with E-state index in [4.69, 9.17) is 5.73 Å². The van der Waals surface area contributed by atoms with Gasteiger partial charge in [-0.25, -0.2) is 0 Å². The zero-order valence-corrected chi connectivity index (χ0v) is 11.7. The van der Waals surface area contributed by atoms with Gasteiger partial charge in [0.1, 0.15) is 0 Å². The van der Waals surface area contributed by atoms with Gasteiger partial charge in [0.05, 0.1) is 0 Å². The van der Waals surface area contributed by atoms with E-state index in [1.165, 1.54) is 50.9 Å². The molecule has 0 aliphatic carbocycles. The molecule has 0 aromatic heterocycles. The minimum Gasteiger partial charge on any atom is -0.399 e. The highest BCUT2D eigenvalue weighted by molar-refractivity contribution is 5.85. The van der Waals surface area contributed by atoms with E-state index >= 15 is 0 Å². The molecule has 1 saturated heterocycles. The first-order valence-electron chi connectivity index (χ1n) is 5.91. The lowest BCUT2D eigenvalue weighted by Crippen LogP contribution is -2.20. The molecule has 4 heteroatoms. The molecule has 2 N–H and O–H groups in total. The van der Waals surface area contributed by atoms with Crippen molar-refractivity contribution in [2.45, 2.75) is 25.7 Å². The standard InChI is InChI=1S/C13H20N2.2ClH/c14-13-7-5-12(6-8-13)4-3-11-15-9-1-2-10-15;;/h5-8H,1-4,9-11,14H2;2*1H. The van der Waals surface area contributed by atoms with Crippen LogP contribution in [0.4, 0.5) is 5.69 Å². The maximum Gasteiger partial charge on any atom is 0.0314 e. The first-order valence-corrected chi connectivity index (χ1v) is 5.91. The van der Waals surface area contributed by atoms with Gasteiger partial charge in [-0.3, -0.25) is 0 Å². The molecule has 1 aliphatic rings. The fourth-order valence-electron chi connectivity index (χ4n) is 2.20. The Morgan fingerprint density at radius 1 is 1.00 bits per heavy atom. The van der Waals surface area contributed by atoms with Crippen molar-refractivity contribution in [1.82, 2.24) is 4.90 Å². The molecule has 2 nitrogen and oxygen atoms in total. The van der Waals surface area contributed by atoms with Gasteiger partial charge in [0.25, 0.3) is 0 Å². The van der Waals surface area contributed by atoms with Gasteiger partial charge in [0.2, 0.25) is 0 Å². The second-order valence-electron chi connectivity index (χ2n) is 4.39. The summed E-state index contributed by atoms with van der Waals surface area (Å²) in [4.78, 5) is 2.57. The van der Waals surface area contributed by atoms with Crippen LogP contribution in [0, 0.1) is 0 Å². The second-order valence-corrected chi connectivity index (χ2v) is 4.39. The Morgan fingerprint density at radius 2 is 1.59 bits per heavy atom. The number of halogens is 2. The van der Waals surface area contributed by atoms with Gasteiger partial charge in [-0.2, -0.15) is 0 Å². The van der Waals surface area contributed by atoms with Crippen LogP contribution in [0.15, 0.2) is 24.3 Å². The molecule has 0 radical (unpaired) electrons. The summed E-state index contributed by atoms with van der Waals surface area (Å²) in [6.07, 6.45) is 5.23. The molecular weight excluding hydrogens is 255 g/mol. The molecule has 1 heterocycles. The van der Waals surface area contributed by atoms with Crippen LogP contribution < -0.4 is 5.73 Å². The van der Waals surface area contributed by atoms with Crippen LogP contribution in [-0.4, -0.2) is 24.5 Å². The minimum absolute atomic E-state index is 0. The van der Waals surface area contributed by atoms with Crippen molar-refractivity contribution in [2.75, 3.05) is 25.4 Å². The summed E-state index contributed by atoms with van der Waals surface area (Å²) in [7, 11) is 0. The summed E-state index contributed by atoms with van der Waals surface area (Å²) < 4.78 is 0. The van der Waals surface area contributed by atoms with Crippen LogP contribution >= 0.6 is 24.8 Å². The third kappa shape index (κ3) is 5.62. The Bertz CT molecular complexity index is 295. The molecule has 0 saturated carbocycles. The minimum atomic E-state index is 0. The molecule has 0 bridgehead atoms. The Labute approximate surface area is 116 Å². The first kappa shape index (κ1) is 16.6. The Hall–Kier alpha value is -0.440. The second kappa shape index (κ2) is 8.62. The molecule has 1 aromatic carbocycles. The van der Waals surface area contributed by atoms with Crippen LogP contribution in [0.5, 0.6) is 0 Å². The predicted molar refractivity (Wildman–Crippen MR) is 79.3 cm³/mol. The number of hydrogen-bond acceptors (Lipinski definition) is 2. The maximum absolute atomic E-state index is 5.65. The molecular formula is C13H22Cl2N2. The molecule has 0 atom stereocenters. The molecule has 0 amide bonds. The average molecular weight is 277 g/mol. The van der Waals surface area contributed by atoms with E-state index in [2.05, 4.69) is 17.0 Å². The fraction of sp³-hybridized carbons (Fsp3) is 0.538. The van der Waals surface area contributed by atoms with Crippen molar-refractivity contribution >= 4 is 30.5 Å². The van der Waals surface area contributed by atoms with Crippen molar-refractivity contribution < 1.29 is 0 Å². The summed E-state index contributed by atoms with van der Waals surface area (Å²) in [5, 5.41) is 0. The quantitative estimate of drug-likeness (QED) is 0.857. The number of nitrogen functional groups attached to an aromatic ring is 1. The smallest absolute Gasteiger partial charge is 0.0314 e. The highest BCUT2D eigenvalue weighted by Crippen LogP contribution is 2.11. The molecule has 0 spiro atoms. The zero-order chi connectivity index (χ0) is 10.5. The molecule has 98 valence electrons. The van der Waals surface area contributed by atoms with Crippen molar-refractivity contribution in [3.8, 4) is 0 Å². The number of nitrogens with two attached hydrogens (primary N) is 1. The summed E-state index contributed by atoms with van der Waals surface area (Å²) >= 11 is 0. The van der Waals surface area contributed by atoms with Gasteiger partial charge < -0.3 is 10.6 Å². The number of benzene rings is 1. The monoisotopic (exact) mass is 276 g/mol. The van der Waals surface area contributed by atoms with Crippen molar-refractivity contribution in [1.29, 1.82) is 0 Å². The van der Waals surface area contributed by atoms with Crippen LogP contribution in [0.2, 0.25) is 0 Å². The maximum atomic E-state index is 5.65. The van der Waals surface area contributed by atoms with Crippen molar-refractivity contribution in [3.05, 3.63) is 29.8 Å². The average Bonchev–Trinajstić information content (AvgIpc) is 2.74. The van der Waals surface area contributed by atoms with Crippen molar-refractivity contribution in [3.63, 3.8) is 0 Å².